The summed E-state index contributed by atoms with van der Waals surface area (Å²) in [7, 11) is 0. The summed E-state index contributed by atoms with van der Waals surface area (Å²) in [6, 6.07) is 4.47. The van der Waals surface area contributed by atoms with Gasteiger partial charge in [0.15, 0.2) is 0 Å². The van der Waals surface area contributed by atoms with Gasteiger partial charge in [-0.05, 0) is 30.2 Å². The lowest BCUT2D eigenvalue weighted by Crippen LogP contribution is -2.33. The van der Waals surface area contributed by atoms with Crippen LogP contribution in [0.2, 0.25) is 5.02 Å². The monoisotopic (exact) mass is 270 g/mol. The average molecular weight is 271 g/mol. The molecule has 1 amide bonds. The summed E-state index contributed by atoms with van der Waals surface area (Å²) < 4.78 is 13.0. The zero-order chi connectivity index (χ0) is 13.1. The summed E-state index contributed by atoms with van der Waals surface area (Å²) in [6.07, 6.45) is 0. The Bertz CT molecular complexity index is 453. The van der Waals surface area contributed by atoms with E-state index in [9.17, 15) is 9.18 Å². The Morgan fingerprint density at radius 2 is 2.33 bits per heavy atom. The van der Waals surface area contributed by atoms with Gasteiger partial charge in [-0.1, -0.05) is 24.6 Å². The number of rotatable bonds is 3. The molecule has 2 rings (SSSR count). The van der Waals surface area contributed by atoms with E-state index in [1.807, 2.05) is 0 Å². The molecule has 1 fully saturated rings. The fourth-order valence-electron chi connectivity index (χ4n) is 2.13. The standard InChI is InChI=1S/C13H16ClFN2O/c1-8-5-16-7-10(8)13(18)17-6-9-2-3-12(15)11(14)4-9/h2-4,8,10,16H,5-7H2,1H3,(H,17,18)/t8-,10-/m1/s1. The Morgan fingerprint density at radius 1 is 1.56 bits per heavy atom. The fourth-order valence-corrected chi connectivity index (χ4v) is 2.33. The van der Waals surface area contributed by atoms with E-state index in [-0.39, 0.29) is 16.8 Å². The Labute approximate surface area is 111 Å². The van der Waals surface area contributed by atoms with Crippen LogP contribution < -0.4 is 10.6 Å². The average Bonchev–Trinajstić information content (AvgIpc) is 2.77. The molecule has 5 heteroatoms. The van der Waals surface area contributed by atoms with Gasteiger partial charge in [-0.25, -0.2) is 4.39 Å². The lowest BCUT2D eigenvalue weighted by Gasteiger charge is -2.14. The Balaban J connectivity index is 1.91. The summed E-state index contributed by atoms with van der Waals surface area (Å²) >= 11 is 5.68. The fraction of sp³-hybridized carbons (Fsp3) is 0.462. The number of amides is 1. The molecule has 2 atom stereocenters. The number of benzene rings is 1. The molecular formula is C13H16ClFN2O. The second kappa shape index (κ2) is 5.67. The van der Waals surface area contributed by atoms with E-state index in [1.165, 1.54) is 12.1 Å². The van der Waals surface area contributed by atoms with Gasteiger partial charge in [-0.2, -0.15) is 0 Å². The molecule has 1 saturated heterocycles. The highest BCUT2D eigenvalue weighted by molar-refractivity contribution is 6.30. The lowest BCUT2D eigenvalue weighted by molar-refractivity contribution is -0.125. The van der Waals surface area contributed by atoms with E-state index in [2.05, 4.69) is 17.6 Å². The summed E-state index contributed by atoms with van der Waals surface area (Å²) in [5.74, 6) is -0.0453. The zero-order valence-electron chi connectivity index (χ0n) is 10.2. The topological polar surface area (TPSA) is 41.1 Å². The first kappa shape index (κ1) is 13.3. The first-order chi connectivity index (χ1) is 8.58. The molecule has 0 aliphatic carbocycles. The molecule has 1 aromatic carbocycles. The van der Waals surface area contributed by atoms with Gasteiger partial charge in [-0.15, -0.1) is 0 Å². The second-order valence-electron chi connectivity index (χ2n) is 4.71. The van der Waals surface area contributed by atoms with Crippen molar-refractivity contribution in [3.8, 4) is 0 Å². The van der Waals surface area contributed by atoms with Crippen molar-refractivity contribution < 1.29 is 9.18 Å². The molecule has 0 bridgehead atoms. The minimum atomic E-state index is -0.444. The smallest absolute Gasteiger partial charge is 0.224 e. The Morgan fingerprint density at radius 3 is 2.94 bits per heavy atom. The van der Waals surface area contributed by atoms with Gasteiger partial charge in [-0.3, -0.25) is 4.79 Å². The predicted octanol–water partition coefficient (Wildman–Crippen LogP) is 1.95. The van der Waals surface area contributed by atoms with E-state index in [4.69, 9.17) is 11.6 Å². The van der Waals surface area contributed by atoms with Crippen molar-refractivity contribution in [2.45, 2.75) is 13.5 Å². The third-order valence-corrected chi connectivity index (χ3v) is 3.59. The van der Waals surface area contributed by atoms with Gasteiger partial charge in [0, 0.05) is 13.1 Å². The molecule has 98 valence electrons. The van der Waals surface area contributed by atoms with Gasteiger partial charge in [0.2, 0.25) is 5.91 Å². The van der Waals surface area contributed by atoms with E-state index >= 15 is 0 Å². The molecule has 3 nitrogen and oxygen atoms in total. The molecule has 0 spiro atoms. The van der Waals surface area contributed by atoms with Crippen molar-refractivity contribution in [1.29, 1.82) is 0 Å². The molecule has 0 aromatic heterocycles. The molecule has 1 aliphatic heterocycles. The number of hydrogen-bond acceptors (Lipinski definition) is 2. The van der Waals surface area contributed by atoms with Crippen LogP contribution in [0.1, 0.15) is 12.5 Å². The highest BCUT2D eigenvalue weighted by Crippen LogP contribution is 2.17. The first-order valence-electron chi connectivity index (χ1n) is 6.00. The Hall–Kier alpha value is -1.13. The molecule has 1 heterocycles. The van der Waals surface area contributed by atoms with Gasteiger partial charge in [0.1, 0.15) is 5.82 Å². The molecule has 0 saturated carbocycles. The quantitative estimate of drug-likeness (QED) is 0.882. The normalized spacial score (nSPS) is 23.1. The second-order valence-corrected chi connectivity index (χ2v) is 5.12. The van der Waals surface area contributed by atoms with Gasteiger partial charge < -0.3 is 10.6 Å². The van der Waals surface area contributed by atoms with Crippen LogP contribution in [0.5, 0.6) is 0 Å². The maximum absolute atomic E-state index is 13.0. The number of halogens is 2. The van der Waals surface area contributed by atoms with Crippen LogP contribution >= 0.6 is 11.6 Å². The lowest BCUT2D eigenvalue weighted by atomic mass is 9.97. The molecule has 0 radical (unpaired) electrons. The van der Waals surface area contributed by atoms with E-state index in [1.54, 1.807) is 6.07 Å². The Kier molecular flexibility index (Phi) is 4.19. The van der Waals surface area contributed by atoms with E-state index in [0.29, 0.717) is 12.5 Å². The summed E-state index contributed by atoms with van der Waals surface area (Å²) in [4.78, 5) is 11.9. The largest absolute Gasteiger partial charge is 0.352 e. The van der Waals surface area contributed by atoms with Crippen molar-refractivity contribution in [2.24, 2.45) is 11.8 Å². The van der Waals surface area contributed by atoms with Crippen molar-refractivity contribution in [3.63, 3.8) is 0 Å². The zero-order valence-corrected chi connectivity index (χ0v) is 10.9. The molecular weight excluding hydrogens is 255 g/mol. The van der Waals surface area contributed by atoms with Crippen LogP contribution in [-0.2, 0) is 11.3 Å². The third kappa shape index (κ3) is 3.00. The highest BCUT2D eigenvalue weighted by Gasteiger charge is 2.29. The molecule has 1 aliphatic rings. The van der Waals surface area contributed by atoms with Crippen LogP contribution in [-0.4, -0.2) is 19.0 Å². The minimum Gasteiger partial charge on any atom is -0.352 e. The molecule has 18 heavy (non-hydrogen) atoms. The van der Waals surface area contributed by atoms with Crippen LogP contribution in [0, 0.1) is 17.7 Å². The SMILES string of the molecule is C[C@@H]1CNC[C@H]1C(=O)NCc1ccc(F)c(Cl)c1. The summed E-state index contributed by atoms with van der Waals surface area (Å²) in [5, 5.41) is 6.13. The summed E-state index contributed by atoms with van der Waals surface area (Å²) in [6.45, 7) is 4.03. The van der Waals surface area contributed by atoms with Crippen LogP contribution in [0.25, 0.3) is 0 Å². The van der Waals surface area contributed by atoms with Gasteiger partial charge in [0.05, 0.1) is 10.9 Å². The maximum Gasteiger partial charge on any atom is 0.224 e. The van der Waals surface area contributed by atoms with Crippen molar-refractivity contribution in [2.75, 3.05) is 13.1 Å². The molecule has 1 aromatic rings. The minimum absolute atomic E-state index is 0.0147. The van der Waals surface area contributed by atoms with Crippen LogP contribution in [0.15, 0.2) is 18.2 Å². The third-order valence-electron chi connectivity index (χ3n) is 3.30. The van der Waals surface area contributed by atoms with Gasteiger partial charge in [0.25, 0.3) is 0 Å². The van der Waals surface area contributed by atoms with Gasteiger partial charge >= 0.3 is 0 Å². The van der Waals surface area contributed by atoms with Crippen molar-refractivity contribution >= 4 is 17.5 Å². The van der Waals surface area contributed by atoms with Crippen LogP contribution in [0.3, 0.4) is 0 Å². The maximum atomic E-state index is 13.0. The number of nitrogens with one attached hydrogen (secondary N) is 2. The number of carbonyl (C=O) groups is 1. The first-order valence-corrected chi connectivity index (χ1v) is 6.38. The molecule has 2 N–H and O–H groups in total. The predicted molar refractivity (Wildman–Crippen MR) is 68.8 cm³/mol. The number of hydrogen-bond donors (Lipinski definition) is 2. The summed E-state index contributed by atoms with van der Waals surface area (Å²) in [5.41, 5.74) is 0.799. The van der Waals surface area contributed by atoms with Crippen molar-refractivity contribution in [3.05, 3.63) is 34.6 Å². The van der Waals surface area contributed by atoms with E-state index < -0.39 is 5.82 Å². The van der Waals surface area contributed by atoms with Crippen molar-refractivity contribution in [1.82, 2.24) is 10.6 Å². The number of carbonyl (C=O) groups excluding carboxylic acids is 1. The highest BCUT2D eigenvalue weighted by atomic mass is 35.5. The van der Waals surface area contributed by atoms with E-state index in [0.717, 1.165) is 18.7 Å². The van der Waals surface area contributed by atoms with Crippen LogP contribution in [0.4, 0.5) is 4.39 Å². The molecule has 0 unspecified atom stereocenters.